The van der Waals surface area contributed by atoms with Crippen molar-refractivity contribution < 1.29 is 9.59 Å². The number of likely N-dealkylation sites (tertiary alicyclic amines) is 1. The average Bonchev–Trinajstić information content (AvgIpc) is 3.09. The van der Waals surface area contributed by atoms with E-state index < -0.39 is 0 Å². The van der Waals surface area contributed by atoms with Crippen LogP contribution in [-0.2, 0) is 9.59 Å². The summed E-state index contributed by atoms with van der Waals surface area (Å²) in [6.45, 7) is 5.57. The van der Waals surface area contributed by atoms with Crippen LogP contribution in [-0.4, -0.2) is 49.4 Å². The number of nitrogens with one attached hydrogen (secondary N) is 1. The summed E-state index contributed by atoms with van der Waals surface area (Å²) in [7, 11) is 0. The second-order valence-electron chi connectivity index (χ2n) is 7.13. The SMILES string of the molecule is CC(=O)N1CCC[C@H](C(=O)NC[C@@H]2CCN(c3ccc(Cl)cc3)C2)C1. The molecule has 2 amide bonds. The van der Waals surface area contributed by atoms with E-state index in [4.69, 9.17) is 11.6 Å². The van der Waals surface area contributed by atoms with Gasteiger partial charge in [0.15, 0.2) is 0 Å². The summed E-state index contributed by atoms with van der Waals surface area (Å²) >= 11 is 5.94. The second kappa shape index (κ2) is 8.09. The van der Waals surface area contributed by atoms with Gasteiger partial charge in [0.1, 0.15) is 0 Å². The van der Waals surface area contributed by atoms with E-state index in [1.54, 1.807) is 11.8 Å². The number of halogens is 1. The number of hydrogen-bond donors (Lipinski definition) is 1. The lowest BCUT2D eigenvalue weighted by atomic mass is 9.96. The smallest absolute Gasteiger partial charge is 0.224 e. The Labute approximate surface area is 154 Å². The lowest BCUT2D eigenvalue weighted by Crippen LogP contribution is -2.45. The molecule has 136 valence electrons. The molecule has 2 heterocycles. The maximum absolute atomic E-state index is 12.4. The van der Waals surface area contributed by atoms with E-state index in [1.165, 1.54) is 5.69 Å². The zero-order chi connectivity index (χ0) is 17.8. The molecule has 25 heavy (non-hydrogen) atoms. The molecule has 2 saturated heterocycles. The number of amides is 2. The molecule has 0 aromatic heterocycles. The van der Waals surface area contributed by atoms with E-state index >= 15 is 0 Å². The highest BCUT2D eigenvalue weighted by Gasteiger charge is 2.28. The molecule has 0 radical (unpaired) electrons. The van der Waals surface area contributed by atoms with Crippen LogP contribution < -0.4 is 10.2 Å². The van der Waals surface area contributed by atoms with Gasteiger partial charge in [-0.3, -0.25) is 9.59 Å². The number of carbonyl (C=O) groups is 2. The second-order valence-corrected chi connectivity index (χ2v) is 7.56. The average molecular weight is 364 g/mol. The van der Waals surface area contributed by atoms with Gasteiger partial charge >= 0.3 is 0 Å². The van der Waals surface area contributed by atoms with Crippen molar-refractivity contribution >= 4 is 29.1 Å². The molecule has 2 atom stereocenters. The van der Waals surface area contributed by atoms with E-state index in [9.17, 15) is 9.59 Å². The van der Waals surface area contributed by atoms with E-state index in [0.717, 1.165) is 43.9 Å². The van der Waals surface area contributed by atoms with Gasteiger partial charge in [0.25, 0.3) is 0 Å². The van der Waals surface area contributed by atoms with Crippen LogP contribution in [0.5, 0.6) is 0 Å². The molecule has 0 saturated carbocycles. The standard InChI is InChI=1S/C19H26ClN3O2/c1-14(24)22-9-2-3-16(13-22)19(25)21-11-15-8-10-23(12-15)18-6-4-17(20)5-7-18/h4-7,15-16H,2-3,8-13H2,1H3,(H,21,25)/t15-,16-/m0/s1. The Kier molecular flexibility index (Phi) is 5.84. The van der Waals surface area contributed by atoms with E-state index in [0.29, 0.717) is 19.0 Å². The fourth-order valence-corrected chi connectivity index (χ4v) is 3.88. The summed E-state index contributed by atoms with van der Waals surface area (Å²) in [5.74, 6) is 0.557. The van der Waals surface area contributed by atoms with Crippen LogP contribution in [0, 0.1) is 11.8 Å². The first kappa shape index (κ1) is 18.1. The van der Waals surface area contributed by atoms with Gasteiger partial charge in [-0.1, -0.05) is 11.6 Å². The molecule has 2 aliphatic heterocycles. The zero-order valence-corrected chi connectivity index (χ0v) is 15.5. The Balaban J connectivity index is 1.45. The third kappa shape index (κ3) is 4.66. The maximum atomic E-state index is 12.4. The van der Waals surface area contributed by atoms with Gasteiger partial charge in [0.05, 0.1) is 5.92 Å². The van der Waals surface area contributed by atoms with Crippen molar-refractivity contribution in [3.8, 4) is 0 Å². The fraction of sp³-hybridized carbons (Fsp3) is 0.579. The summed E-state index contributed by atoms with van der Waals surface area (Å²) in [5.41, 5.74) is 1.18. The Morgan fingerprint density at radius 1 is 1.16 bits per heavy atom. The van der Waals surface area contributed by atoms with Gasteiger partial charge in [-0.2, -0.15) is 0 Å². The van der Waals surface area contributed by atoms with E-state index in [-0.39, 0.29) is 17.7 Å². The topological polar surface area (TPSA) is 52.7 Å². The van der Waals surface area contributed by atoms with Crippen molar-refractivity contribution in [2.45, 2.75) is 26.2 Å². The minimum atomic E-state index is -0.0635. The first-order chi connectivity index (χ1) is 12.0. The quantitative estimate of drug-likeness (QED) is 0.894. The van der Waals surface area contributed by atoms with Gasteiger partial charge in [0.2, 0.25) is 11.8 Å². The lowest BCUT2D eigenvalue weighted by molar-refractivity contribution is -0.134. The Hall–Kier alpha value is -1.75. The van der Waals surface area contributed by atoms with Crippen LogP contribution in [0.15, 0.2) is 24.3 Å². The molecule has 2 fully saturated rings. The van der Waals surface area contributed by atoms with Crippen molar-refractivity contribution in [1.82, 2.24) is 10.2 Å². The Morgan fingerprint density at radius 3 is 2.64 bits per heavy atom. The summed E-state index contributed by atoms with van der Waals surface area (Å²) in [6.07, 6.45) is 2.86. The number of anilines is 1. The number of nitrogens with zero attached hydrogens (tertiary/aromatic N) is 2. The molecule has 5 nitrogen and oxygen atoms in total. The molecule has 3 rings (SSSR count). The molecule has 0 spiro atoms. The monoisotopic (exact) mass is 363 g/mol. The third-order valence-corrected chi connectivity index (χ3v) is 5.53. The van der Waals surface area contributed by atoms with Crippen molar-refractivity contribution in [3.05, 3.63) is 29.3 Å². The molecular formula is C19H26ClN3O2. The normalized spacial score (nSPS) is 23.6. The molecule has 0 aliphatic carbocycles. The van der Waals surface area contributed by atoms with Gasteiger partial charge in [-0.25, -0.2) is 0 Å². The molecule has 0 unspecified atom stereocenters. The van der Waals surface area contributed by atoms with Crippen LogP contribution in [0.1, 0.15) is 26.2 Å². The molecule has 6 heteroatoms. The maximum Gasteiger partial charge on any atom is 0.224 e. The first-order valence-electron chi connectivity index (χ1n) is 9.06. The van der Waals surface area contributed by atoms with Crippen molar-refractivity contribution in [2.24, 2.45) is 11.8 Å². The van der Waals surface area contributed by atoms with E-state index in [2.05, 4.69) is 10.2 Å². The molecule has 1 aromatic rings. The van der Waals surface area contributed by atoms with Gasteiger partial charge < -0.3 is 15.1 Å². The Morgan fingerprint density at radius 2 is 1.92 bits per heavy atom. The fourth-order valence-electron chi connectivity index (χ4n) is 3.75. The number of rotatable bonds is 4. The summed E-state index contributed by atoms with van der Waals surface area (Å²) in [6, 6.07) is 7.91. The van der Waals surface area contributed by atoms with Gasteiger partial charge in [-0.05, 0) is 49.4 Å². The molecule has 2 aliphatic rings. The predicted molar refractivity (Wildman–Crippen MR) is 99.8 cm³/mol. The van der Waals surface area contributed by atoms with Gasteiger partial charge in [0, 0.05) is 50.4 Å². The number of benzene rings is 1. The zero-order valence-electron chi connectivity index (χ0n) is 14.7. The highest BCUT2D eigenvalue weighted by atomic mass is 35.5. The minimum Gasteiger partial charge on any atom is -0.371 e. The van der Waals surface area contributed by atoms with Gasteiger partial charge in [-0.15, -0.1) is 0 Å². The first-order valence-corrected chi connectivity index (χ1v) is 9.44. The molecule has 1 aromatic carbocycles. The molecule has 1 N–H and O–H groups in total. The highest BCUT2D eigenvalue weighted by Crippen LogP contribution is 2.25. The largest absolute Gasteiger partial charge is 0.371 e. The third-order valence-electron chi connectivity index (χ3n) is 5.28. The Bertz CT molecular complexity index is 620. The van der Waals surface area contributed by atoms with E-state index in [1.807, 2.05) is 24.3 Å². The minimum absolute atomic E-state index is 0.0619. The number of carbonyl (C=O) groups excluding carboxylic acids is 2. The van der Waals surface area contributed by atoms with Crippen LogP contribution >= 0.6 is 11.6 Å². The van der Waals surface area contributed by atoms with Crippen LogP contribution in [0.25, 0.3) is 0 Å². The number of piperidine rings is 1. The van der Waals surface area contributed by atoms with Crippen molar-refractivity contribution in [1.29, 1.82) is 0 Å². The highest BCUT2D eigenvalue weighted by molar-refractivity contribution is 6.30. The summed E-state index contributed by atoms with van der Waals surface area (Å²) in [4.78, 5) is 28.1. The lowest BCUT2D eigenvalue weighted by Gasteiger charge is -2.31. The van der Waals surface area contributed by atoms with Crippen molar-refractivity contribution in [3.63, 3.8) is 0 Å². The van der Waals surface area contributed by atoms with Crippen LogP contribution in [0.4, 0.5) is 5.69 Å². The summed E-state index contributed by atoms with van der Waals surface area (Å²) in [5, 5.41) is 3.86. The van der Waals surface area contributed by atoms with Crippen LogP contribution in [0.2, 0.25) is 5.02 Å². The summed E-state index contributed by atoms with van der Waals surface area (Å²) < 4.78 is 0. The molecule has 0 bridgehead atoms. The predicted octanol–water partition coefficient (Wildman–Crippen LogP) is 2.54. The molecular weight excluding hydrogens is 338 g/mol. The number of hydrogen-bond acceptors (Lipinski definition) is 3. The van der Waals surface area contributed by atoms with Crippen LogP contribution in [0.3, 0.4) is 0 Å². The van der Waals surface area contributed by atoms with Crippen molar-refractivity contribution in [2.75, 3.05) is 37.6 Å².